The molecule has 1 fully saturated rings. The average molecular weight is 421 g/mol. The number of hydrogen-bond acceptors (Lipinski definition) is 5. The summed E-state index contributed by atoms with van der Waals surface area (Å²) in [4.78, 5) is 10.8. The van der Waals surface area contributed by atoms with E-state index in [1.807, 2.05) is 47.8 Å². The summed E-state index contributed by atoms with van der Waals surface area (Å²) < 4.78 is 40.1. The van der Waals surface area contributed by atoms with E-state index in [-0.39, 0.29) is 6.04 Å². The van der Waals surface area contributed by atoms with Crippen molar-refractivity contribution < 1.29 is 13.2 Å². The second kappa shape index (κ2) is 8.20. The largest absolute Gasteiger partial charge is 0.416 e. The Bertz CT molecular complexity index is 884. The standard InChI is InChI=1S/C21H23F3N4S/c1-16-4-2-3-8-28(16)19-14-17(21(22,23)24)5-6-18(19)27-11-9-26(10-12-27)15-20-25-7-13-29-20/h2-8,13-14,16H,9-12,15H2,1H3. The van der Waals surface area contributed by atoms with E-state index in [0.717, 1.165) is 43.4 Å². The third kappa shape index (κ3) is 4.48. The maximum absolute atomic E-state index is 13.4. The minimum atomic E-state index is -4.36. The Labute approximate surface area is 172 Å². The highest BCUT2D eigenvalue weighted by molar-refractivity contribution is 7.09. The summed E-state index contributed by atoms with van der Waals surface area (Å²) in [6.07, 6.45) is 5.06. The normalized spacial score (nSPS) is 20.5. The van der Waals surface area contributed by atoms with Crippen LogP contribution in [0.5, 0.6) is 0 Å². The molecule has 0 amide bonds. The zero-order valence-electron chi connectivity index (χ0n) is 16.1. The summed E-state index contributed by atoms with van der Waals surface area (Å²) in [6, 6.07) is 4.08. The molecule has 4 rings (SSSR count). The third-order valence-corrected chi connectivity index (χ3v) is 6.09. The molecule has 0 N–H and O–H groups in total. The molecule has 2 aliphatic rings. The monoisotopic (exact) mass is 420 g/mol. The SMILES string of the molecule is CC1C=CC=CN1c1cc(C(F)(F)F)ccc1N1CCN(Cc2nccs2)CC1. The summed E-state index contributed by atoms with van der Waals surface area (Å²) in [5, 5.41) is 3.06. The maximum Gasteiger partial charge on any atom is 0.416 e. The summed E-state index contributed by atoms with van der Waals surface area (Å²) >= 11 is 1.65. The van der Waals surface area contributed by atoms with Crippen molar-refractivity contribution >= 4 is 22.7 Å². The molecule has 1 aromatic heterocycles. The van der Waals surface area contributed by atoms with E-state index in [2.05, 4.69) is 14.8 Å². The van der Waals surface area contributed by atoms with Crippen LogP contribution in [-0.4, -0.2) is 42.1 Å². The molecular weight excluding hydrogens is 397 g/mol. The van der Waals surface area contributed by atoms with Crippen LogP contribution in [0.3, 0.4) is 0 Å². The number of piperazine rings is 1. The lowest BCUT2D eigenvalue weighted by Gasteiger charge is -2.39. The summed E-state index contributed by atoms with van der Waals surface area (Å²) in [5.41, 5.74) is 0.828. The molecule has 3 heterocycles. The molecule has 0 bridgehead atoms. The van der Waals surface area contributed by atoms with Crippen LogP contribution >= 0.6 is 11.3 Å². The number of aromatic nitrogens is 1. The van der Waals surface area contributed by atoms with Gasteiger partial charge in [-0.15, -0.1) is 11.3 Å². The van der Waals surface area contributed by atoms with Gasteiger partial charge in [-0.1, -0.05) is 12.2 Å². The number of halogens is 3. The van der Waals surface area contributed by atoms with Gasteiger partial charge < -0.3 is 9.80 Å². The van der Waals surface area contributed by atoms with Gasteiger partial charge in [0.15, 0.2) is 0 Å². The first-order valence-corrected chi connectivity index (χ1v) is 10.5. The molecule has 4 nitrogen and oxygen atoms in total. The number of allylic oxidation sites excluding steroid dienone is 2. The number of thiazole rings is 1. The number of hydrogen-bond donors (Lipinski definition) is 0. The van der Waals surface area contributed by atoms with Crippen LogP contribution in [0, 0.1) is 0 Å². The van der Waals surface area contributed by atoms with Crippen molar-refractivity contribution in [2.24, 2.45) is 0 Å². The Kier molecular flexibility index (Phi) is 5.65. The number of alkyl halides is 3. The lowest BCUT2D eigenvalue weighted by Crippen LogP contribution is -2.46. The summed E-state index contributed by atoms with van der Waals surface area (Å²) in [5.74, 6) is 0. The third-order valence-electron chi connectivity index (χ3n) is 5.32. The molecule has 29 heavy (non-hydrogen) atoms. The number of anilines is 2. The fraction of sp³-hybridized carbons (Fsp3) is 0.381. The average Bonchev–Trinajstić information content (AvgIpc) is 3.21. The molecule has 0 radical (unpaired) electrons. The van der Waals surface area contributed by atoms with Gasteiger partial charge in [0.2, 0.25) is 0 Å². The van der Waals surface area contributed by atoms with Gasteiger partial charge in [0.25, 0.3) is 0 Å². The fourth-order valence-electron chi connectivity index (χ4n) is 3.74. The molecule has 0 spiro atoms. The first-order valence-electron chi connectivity index (χ1n) is 9.62. The zero-order chi connectivity index (χ0) is 20.4. The molecule has 2 aromatic rings. The van der Waals surface area contributed by atoms with E-state index < -0.39 is 11.7 Å². The zero-order valence-corrected chi connectivity index (χ0v) is 17.0. The predicted molar refractivity (Wildman–Crippen MR) is 111 cm³/mol. The topological polar surface area (TPSA) is 22.6 Å². The Balaban J connectivity index is 1.56. The van der Waals surface area contributed by atoms with Crippen molar-refractivity contribution in [3.63, 3.8) is 0 Å². The van der Waals surface area contributed by atoms with Gasteiger partial charge in [0.1, 0.15) is 5.01 Å². The maximum atomic E-state index is 13.4. The van der Waals surface area contributed by atoms with E-state index in [9.17, 15) is 13.2 Å². The number of nitrogens with zero attached hydrogens (tertiary/aromatic N) is 4. The predicted octanol–water partition coefficient (Wildman–Crippen LogP) is 4.76. The van der Waals surface area contributed by atoms with Gasteiger partial charge in [-0.2, -0.15) is 13.2 Å². The van der Waals surface area contributed by atoms with Gasteiger partial charge >= 0.3 is 6.18 Å². The Morgan fingerprint density at radius 1 is 1.10 bits per heavy atom. The summed E-state index contributed by atoms with van der Waals surface area (Å²) in [7, 11) is 0. The smallest absolute Gasteiger partial charge is 0.367 e. The molecule has 0 aliphatic carbocycles. The van der Waals surface area contributed by atoms with Gasteiger partial charge in [0.05, 0.1) is 23.5 Å². The highest BCUT2D eigenvalue weighted by atomic mass is 32.1. The fourth-order valence-corrected chi connectivity index (χ4v) is 4.40. The molecule has 8 heteroatoms. The van der Waals surface area contributed by atoms with Crippen LogP contribution < -0.4 is 9.80 Å². The molecule has 1 unspecified atom stereocenters. The van der Waals surface area contributed by atoms with Crippen molar-refractivity contribution in [2.45, 2.75) is 25.7 Å². The summed E-state index contributed by atoms with van der Waals surface area (Å²) in [6.45, 7) is 6.05. The number of benzene rings is 1. The van der Waals surface area contributed by atoms with Gasteiger partial charge in [-0.3, -0.25) is 4.90 Å². The van der Waals surface area contributed by atoms with Crippen molar-refractivity contribution in [3.8, 4) is 0 Å². The van der Waals surface area contributed by atoms with Crippen LogP contribution in [0.2, 0.25) is 0 Å². The van der Waals surface area contributed by atoms with E-state index in [0.29, 0.717) is 5.69 Å². The molecule has 154 valence electrons. The second-order valence-electron chi connectivity index (χ2n) is 7.26. The highest BCUT2D eigenvalue weighted by Crippen LogP contribution is 2.39. The minimum Gasteiger partial charge on any atom is -0.367 e. The van der Waals surface area contributed by atoms with Crippen molar-refractivity contribution in [1.29, 1.82) is 0 Å². The van der Waals surface area contributed by atoms with Crippen LogP contribution in [-0.2, 0) is 12.7 Å². The molecule has 2 aliphatic heterocycles. The van der Waals surface area contributed by atoms with E-state index in [1.165, 1.54) is 12.1 Å². The van der Waals surface area contributed by atoms with Gasteiger partial charge in [0, 0.05) is 50.0 Å². The molecule has 1 saturated heterocycles. The Morgan fingerprint density at radius 2 is 1.90 bits per heavy atom. The quantitative estimate of drug-likeness (QED) is 0.711. The molecule has 0 saturated carbocycles. The van der Waals surface area contributed by atoms with Crippen LogP contribution in [0.1, 0.15) is 17.5 Å². The Morgan fingerprint density at radius 3 is 2.55 bits per heavy atom. The van der Waals surface area contributed by atoms with Crippen molar-refractivity contribution in [3.05, 3.63) is 64.8 Å². The van der Waals surface area contributed by atoms with Gasteiger partial charge in [-0.05, 0) is 31.2 Å². The second-order valence-corrected chi connectivity index (χ2v) is 8.24. The lowest BCUT2D eigenvalue weighted by molar-refractivity contribution is -0.137. The van der Waals surface area contributed by atoms with E-state index in [1.54, 1.807) is 17.4 Å². The molecule has 1 atom stereocenters. The highest BCUT2D eigenvalue weighted by Gasteiger charge is 2.33. The van der Waals surface area contributed by atoms with Crippen LogP contribution in [0.4, 0.5) is 24.5 Å². The van der Waals surface area contributed by atoms with E-state index >= 15 is 0 Å². The van der Waals surface area contributed by atoms with E-state index in [4.69, 9.17) is 0 Å². The van der Waals surface area contributed by atoms with Gasteiger partial charge in [-0.25, -0.2) is 4.98 Å². The van der Waals surface area contributed by atoms with Crippen molar-refractivity contribution in [2.75, 3.05) is 36.0 Å². The van der Waals surface area contributed by atoms with Crippen LogP contribution in [0.15, 0.2) is 54.2 Å². The first-order chi connectivity index (χ1) is 13.9. The first kappa shape index (κ1) is 20.0. The lowest BCUT2D eigenvalue weighted by atomic mass is 10.1. The van der Waals surface area contributed by atoms with Crippen LogP contribution in [0.25, 0.3) is 0 Å². The minimum absolute atomic E-state index is 0.00609. The Hall–Kier alpha value is -2.32. The van der Waals surface area contributed by atoms with Crippen molar-refractivity contribution in [1.82, 2.24) is 9.88 Å². The molecule has 1 aromatic carbocycles. The molecular formula is C21H23F3N4S. The number of rotatable bonds is 4.